The molecule has 1 atom stereocenters. The van der Waals surface area contributed by atoms with E-state index in [1.54, 1.807) is 37.6 Å². The van der Waals surface area contributed by atoms with Gasteiger partial charge in [0.2, 0.25) is 5.91 Å². The molecule has 0 unspecified atom stereocenters. The third-order valence-corrected chi connectivity index (χ3v) is 6.12. The van der Waals surface area contributed by atoms with Crippen LogP contribution in [0.15, 0.2) is 53.2 Å². The molecule has 8 heteroatoms. The molecule has 0 radical (unpaired) electrons. The molecule has 0 aliphatic heterocycles. The second kappa shape index (κ2) is 11.0. The number of carbonyl (C=O) groups is 2. The molecule has 1 fully saturated rings. The quantitative estimate of drug-likeness (QED) is 0.523. The van der Waals surface area contributed by atoms with Crippen LogP contribution in [-0.4, -0.2) is 34.9 Å². The molecule has 0 bridgehead atoms. The average molecular weight is 463 g/mol. The van der Waals surface area contributed by atoms with E-state index in [1.165, 1.54) is 6.42 Å². The third-order valence-electron chi connectivity index (χ3n) is 6.12. The van der Waals surface area contributed by atoms with Crippen molar-refractivity contribution in [3.63, 3.8) is 0 Å². The van der Waals surface area contributed by atoms with Crippen LogP contribution in [0.25, 0.3) is 11.5 Å². The minimum Gasteiger partial charge on any atom is -0.487 e. The van der Waals surface area contributed by atoms with Crippen LogP contribution in [0.1, 0.15) is 53.9 Å². The van der Waals surface area contributed by atoms with Crippen LogP contribution in [0, 0.1) is 12.8 Å². The summed E-state index contributed by atoms with van der Waals surface area (Å²) >= 11 is 0. The molecule has 0 aromatic carbocycles. The lowest BCUT2D eigenvalue weighted by Crippen LogP contribution is -2.50. The first-order valence-electron chi connectivity index (χ1n) is 11.7. The molecule has 0 saturated heterocycles. The summed E-state index contributed by atoms with van der Waals surface area (Å²) in [6.07, 6.45) is 8.57. The molecule has 34 heavy (non-hydrogen) atoms. The lowest BCUT2D eigenvalue weighted by Gasteiger charge is -2.29. The predicted molar refractivity (Wildman–Crippen MR) is 127 cm³/mol. The first kappa shape index (κ1) is 23.5. The Bertz CT molecular complexity index is 1120. The highest BCUT2D eigenvalue weighted by Crippen LogP contribution is 2.27. The van der Waals surface area contributed by atoms with Gasteiger partial charge in [-0.2, -0.15) is 0 Å². The highest BCUT2D eigenvalue weighted by atomic mass is 16.5. The molecule has 0 spiro atoms. The zero-order chi connectivity index (χ0) is 23.9. The smallest absolute Gasteiger partial charge is 0.287 e. The maximum atomic E-state index is 12.8. The minimum atomic E-state index is -0.565. The number of hydrogen-bond donors (Lipinski definition) is 2. The SMILES string of the molecule is CNC(=O)[C@@H](NC(=O)c1ccc(-c2ccc(OCc3ccnc(C)c3)cn2)o1)C1CCCCC1. The average Bonchev–Trinajstić information content (AvgIpc) is 3.37. The number of likely N-dealkylation sites (N-methyl/N-ethyl adjacent to an activating group) is 1. The molecular weight excluding hydrogens is 432 g/mol. The van der Waals surface area contributed by atoms with Crippen molar-refractivity contribution in [3.05, 3.63) is 65.8 Å². The van der Waals surface area contributed by atoms with Gasteiger partial charge in [-0.15, -0.1) is 0 Å². The van der Waals surface area contributed by atoms with Gasteiger partial charge in [-0.3, -0.25) is 14.6 Å². The summed E-state index contributed by atoms with van der Waals surface area (Å²) < 4.78 is 11.6. The van der Waals surface area contributed by atoms with Crippen LogP contribution < -0.4 is 15.4 Å². The van der Waals surface area contributed by atoms with Crippen molar-refractivity contribution < 1.29 is 18.7 Å². The number of nitrogens with one attached hydrogen (secondary N) is 2. The Kier molecular flexibility index (Phi) is 7.57. The van der Waals surface area contributed by atoms with E-state index in [1.807, 2.05) is 25.1 Å². The zero-order valence-corrected chi connectivity index (χ0v) is 19.5. The Morgan fingerprint density at radius 2 is 1.94 bits per heavy atom. The minimum absolute atomic E-state index is 0.136. The second-order valence-corrected chi connectivity index (χ2v) is 8.60. The number of carbonyl (C=O) groups excluding carboxylic acids is 2. The fraction of sp³-hybridized carbons (Fsp3) is 0.385. The van der Waals surface area contributed by atoms with Gasteiger partial charge in [0.25, 0.3) is 5.91 Å². The fourth-order valence-electron chi connectivity index (χ4n) is 4.30. The highest BCUT2D eigenvalue weighted by molar-refractivity contribution is 5.96. The second-order valence-electron chi connectivity index (χ2n) is 8.60. The van der Waals surface area contributed by atoms with Gasteiger partial charge < -0.3 is 19.8 Å². The molecule has 3 heterocycles. The Morgan fingerprint density at radius 1 is 1.12 bits per heavy atom. The van der Waals surface area contributed by atoms with Crippen molar-refractivity contribution in [2.24, 2.45) is 5.92 Å². The van der Waals surface area contributed by atoms with Crippen LogP contribution >= 0.6 is 0 Å². The van der Waals surface area contributed by atoms with Crippen LogP contribution in [0.3, 0.4) is 0 Å². The van der Waals surface area contributed by atoms with E-state index in [0.29, 0.717) is 23.8 Å². The van der Waals surface area contributed by atoms with Crippen LogP contribution in [0.5, 0.6) is 5.75 Å². The maximum Gasteiger partial charge on any atom is 0.287 e. The number of amides is 2. The standard InChI is InChI=1S/C26H30N4O4/c1-17-14-18(12-13-28-17)16-33-20-8-9-21(29-15-20)22-10-11-23(34-22)25(31)30-24(26(32)27-2)19-6-4-3-5-7-19/h8-15,19,24H,3-7,16H2,1-2H3,(H,27,32)(H,30,31)/t24-/m0/s1. The lowest BCUT2D eigenvalue weighted by molar-refractivity contribution is -0.124. The van der Waals surface area contributed by atoms with Crippen LogP contribution in [-0.2, 0) is 11.4 Å². The molecule has 1 aliphatic carbocycles. The molecular formula is C26H30N4O4. The summed E-state index contributed by atoms with van der Waals surface area (Å²) in [6.45, 7) is 2.36. The van der Waals surface area contributed by atoms with Crippen molar-refractivity contribution in [1.29, 1.82) is 0 Å². The van der Waals surface area contributed by atoms with Gasteiger partial charge in [-0.1, -0.05) is 19.3 Å². The monoisotopic (exact) mass is 462 g/mol. The summed E-state index contributed by atoms with van der Waals surface area (Å²) in [7, 11) is 1.59. The highest BCUT2D eigenvalue weighted by Gasteiger charge is 2.31. The summed E-state index contributed by atoms with van der Waals surface area (Å²) in [5.41, 5.74) is 2.55. The van der Waals surface area contributed by atoms with Gasteiger partial charge in [0.05, 0.1) is 6.20 Å². The van der Waals surface area contributed by atoms with Gasteiger partial charge in [0.15, 0.2) is 11.5 Å². The number of furan rings is 1. The third kappa shape index (κ3) is 5.81. The Hall–Kier alpha value is -3.68. The van der Waals surface area contributed by atoms with Gasteiger partial charge >= 0.3 is 0 Å². The van der Waals surface area contributed by atoms with E-state index < -0.39 is 11.9 Å². The number of nitrogens with zero attached hydrogens (tertiary/aromatic N) is 2. The number of aromatic nitrogens is 2. The van der Waals surface area contributed by atoms with Gasteiger partial charge in [0, 0.05) is 18.9 Å². The molecule has 2 N–H and O–H groups in total. The molecule has 1 aliphatic rings. The summed E-state index contributed by atoms with van der Waals surface area (Å²) in [5, 5.41) is 5.54. The summed E-state index contributed by atoms with van der Waals surface area (Å²) in [5.74, 6) is 0.802. The van der Waals surface area contributed by atoms with Gasteiger partial charge in [-0.25, -0.2) is 4.98 Å². The Morgan fingerprint density at radius 3 is 2.65 bits per heavy atom. The van der Waals surface area contributed by atoms with Crippen molar-refractivity contribution >= 4 is 11.8 Å². The zero-order valence-electron chi connectivity index (χ0n) is 19.5. The van der Waals surface area contributed by atoms with Crippen LogP contribution in [0.2, 0.25) is 0 Å². The van der Waals surface area contributed by atoms with E-state index in [2.05, 4.69) is 20.6 Å². The number of hydrogen-bond acceptors (Lipinski definition) is 6. The predicted octanol–water partition coefficient (Wildman–Crippen LogP) is 4.05. The van der Waals surface area contributed by atoms with Gasteiger partial charge in [-0.05, 0) is 67.6 Å². The van der Waals surface area contributed by atoms with Crippen LogP contribution in [0.4, 0.5) is 0 Å². The van der Waals surface area contributed by atoms with E-state index in [-0.39, 0.29) is 17.6 Å². The molecule has 3 aromatic rings. The summed E-state index contributed by atoms with van der Waals surface area (Å²) in [4.78, 5) is 33.8. The molecule has 2 amide bonds. The topological polar surface area (TPSA) is 106 Å². The van der Waals surface area contributed by atoms with E-state index in [4.69, 9.17) is 9.15 Å². The molecule has 178 valence electrons. The van der Waals surface area contributed by atoms with Crippen molar-refractivity contribution in [3.8, 4) is 17.2 Å². The number of rotatable bonds is 8. The normalized spacial score (nSPS) is 14.9. The fourth-order valence-corrected chi connectivity index (χ4v) is 4.30. The van der Waals surface area contributed by atoms with Crippen molar-refractivity contribution in [2.75, 3.05) is 7.05 Å². The first-order chi connectivity index (χ1) is 16.5. The van der Waals surface area contributed by atoms with E-state index >= 15 is 0 Å². The van der Waals surface area contributed by atoms with Gasteiger partial charge in [0.1, 0.15) is 24.1 Å². The lowest BCUT2D eigenvalue weighted by atomic mass is 9.83. The largest absolute Gasteiger partial charge is 0.487 e. The Balaban J connectivity index is 1.38. The number of pyridine rings is 2. The number of ether oxygens (including phenoxy) is 1. The van der Waals surface area contributed by atoms with E-state index in [0.717, 1.165) is 36.9 Å². The van der Waals surface area contributed by atoms with Crippen molar-refractivity contribution in [2.45, 2.75) is 51.7 Å². The van der Waals surface area contributed by atoms with E-state index in [9.17, 15) is 9.59 Å². The molecule has 1 saturated carbocycles. The Labute approximate surface area is 199 Å². The van der Waals surface area contributed by atoms with Crippen molar-refractivity contribution in [1.82, 2.24) is 20.6 Å². The molecule has 4 rings (SSSR count). The molecule has 3 aromatic heterocycles. The first-order valence-corrected chi connectivity index (χ1v) is 11.7. The summed E-state index contributed by atoms with van der Waals surface area (Å²) in [6, 6.07) is 10.2. The maximum absolute atomic E-state index is 12.8. The number of aryl methyl sites for hydroxylation is 1. The molecule has 8 nitrogen and oxygen atoms in total.